The molecule has 0 aliphatic heterocycles. The smallest absolute Gasteiger partial charge is 0.338 e. The van der Waals surface area contributed by atoms with Crippen LogP contribution in [0.15, 0.2) is 64.1 Å². The van der Waals surface area contributed by atoms with E-state index in [0.717, 1.165) is 37.1 Å². The van der Waals surface area contributed by atoms with Gasteiger partial charge < -0.3 is 20.5 Å². The molecule has 0 radical (unpaired) electrons. The number of benzene rings is 3. The van der Waals surface area contributed by atoms with Crippen molar-refractivity contribution >= 4 is 74.3 Å². The molecule has 43 heavy (non-hydrogen) atoms. The first-order valence-electron chi connectivity index (χ1n) is 14.5. The van der Waals surface area contributed by atoms with Gasteiger partial charge in [0.15, 0.2) is 0 Å². The summed E-state index contributed by atoms with van der Waals surface area (Å²) in [6.45, 7) is 3.45. The minimum Gasteiger partial charge on any atom is -0.465 e. The lowest BCUT2D eigenvalue weighted by molar-refractivity contribution is -0.142. The topological polar surface area (TPSA) is 103 Å². The van der Waals surface area contributed by atoms with Crippen LogP contribution < -0.4 is 11.1 Å². The zero-order chi connectivity index (χ0) is 31.0. The molecule has 3 aromatic rings. The number of carbonyl (C=O) groups excluding carboxylic acids is 2. The summed E-state index contributed by atoms with van der Waals surface area (Å²) in [5.41, 5.74) is 9.87. The number of rotatable bonds is 17. The predicted molar refractivity (Wildman–Crippen MR) is 180 cm³/mol. The highest BCUT2D eigenvalue weighted by Crippen LogP contribution is 2.33. The second-order valence-electron chi connectivity index (χ2n) is 10.0. The average molecular weight is 691 g/mol. The second-order valence-corrected chi connectivity index (χ2v) is 11.7. The zero-order valence-corrected chi connectivity index (χ0v) is 27.4. The van der Waals surface area contributed by atoms with E-state index in [1.165, 1.54) is 12.8 Å². The molecule has 3 aromatic carbocycles. The van der Waals surface area contributed by atoms with Crippen LogP contribution in [-0.2, 0) is 20.7 Å². The van der Waals surface area contributed by atoms with Crippen LogP contribution in [0, 0.1) is 0 Å². The number of nitrogens with zero attached hydrogens (tertiary/aromatic N) is 1. The molecular weight excluding hydrogens is 653 g/mol. The summed E-state index contributed by atoms with van der Waals surface area (Å²) in [7, 11) is 0. The van der Waals surface area contributed by atoms with E-state index in [1.807, 2.05) is 24.3 Å². The Balaban J connectivity index is 1.38. The van der Waals surface area contributed by atoms with Gasteiger partial charge in [-0.1, -0.05) is 73.7 Å². The maximum Gasteiger partial charge on any atom is 0.338 e. The van der Waals surface area contributed by atoms with Gasteiger partial charge in [0.1, 0.15) is 0 Å². The highest BCUT2D eigenvalue weighted by molar-refractivity contribution is 9.10. The van der Waals surface area contributed by atoms with Crippen molar-refractivity contribution in [1.82, 2.24) is 0 Å². The molecule has 0 heterocycles. The molecule has 0 atom stereocenters. The molecule has 3 N–H and O–H groups in total. The summed E-state index contributed by atoms with van der Waals surface area (Å²) in [5.74, 6) is -0.754. The lowest BCUT2D eigenvalue weighted by atomic mass is 10.1. The van der Waals surface area contributed by atoms with E-state index in [4.69, 9.17) is 38.4 Å². The van der Waals surface area contributed by atoms with Gasteiger partial charge in [-0.3, -0.25) is 9.79 Å². The van der Waals surface area contributed by atoms with Gasteiger partial charge in [0, 0.05) is 28.5 Å². The average Bonchev–Trinajstić information content (AvgIpc) is 2.99. The number of hydrogen-bond acceptors (Lipinski definition) is 7. The molecule has 0 saturated carbocycles. The summed E-state index contributed by atoms with van der Waals surface area (Å²) < 4.78 is 11.5. The van der Waals surface area contributed by atoms with Gasteiger partial charge in [-0.15, -0.1) is 0 Å². The number of esters is 2. The number of halogens is 3. The molecule has 0 aromatic heterocycles. The third-order valence-electron chi connectivity index (χ3n) is 6.63. The molecule has 0 saturated heterocycles. The molecule has 10 heteroatoms. The first-order valence-corrected chi connectivity index (χ1v) is 16.1. The molecule has 0 spiro atoms. The van der Waals surface area contributed by atoms with E-state index in [9.17, 15) is 9.59 Å². The van der Waals surface area contributed by atoms with E-state index in [-0.39, 0.29) is 25.6 Å². The molecule has 0 fully saturated rings. The Hall–Kier alpha value is -3.07. The highest BCUT2D eigenvalue weighted by atomic mass is 79.9. The number of ether oxygens (including phenoxy) is 2. The Morgan fingerprint density at radius 2 is 1.63 bits per heavy atom. The summed E-state index contributed by atoms with van der Waals surface area (Å²) >= 11 is 16.0. The van der Waals surface area contributed by atoms with Crippen molar-refractivity contribution in [3.05, 3.63) is 85.8 Å². The van der Waals surface area contributed by atoms with Crippen molar-refractivity contribution < 1.29 is 19.1 Å². The summed E-state index contributed by atoms with van der Waals surface area (Å²) in [5, 5.41) is 4.19. The van der Waals surface area contributed by atoms with Gasteiger partial charge >= 0.3 is 11.9 Å². The van der Waals surface area contributed by atoms with Crippen LogP contribution in [-0.4, -0.2) is 37.9 Å². The summed E-state index contributed by atoms with van der Waals surface area (Å²) in [6, 6.07) is 16.1. The Morgan fingerprint density at radius 1 is 0.930 bits per heavy atom. The second kappa shape index (κ2) is 18.6. The van der Waals surface area contributed by atoms with Gasteiger partial charge in [0.2, 0.25) is 0 Å². The Bertz CT molecular complexity index is 1380. The van der Waals surface area contributed by atoms with E-state index in [0.29, 0.717) is 49.9 Å². The number of anilines is 3. The largest absolute Gasteiger partial charge is 0.465 e. The molecule has 0 unspecified atom stereocenters. The first-order chi connectivity index (χ1) is 20.8. The van der Waals surface area contributed by atoms with Gasteiger partial charge in [0.25, 0.3) is 0 Å². The molecule has 230 valence electrons. The van der Waals surface area contributed by atoms with Crippen molar-refractivity contribution in [2.45, 2.75) is 58.3 Å². The molecule has 0 bridgehead atoms. The summed E-state index contributed by atoms with van der Waals surface area (Å²) in [6.07, 6.45) is 8.42. The van der Waals surface area contributed by atoms with E-state index in [1.54, 1.807) is 36.5 Å². The van der Waals surface area contributed by atoms with Crippen LogP contribution in [0.3, 0.4) is 0 Å². The number of nitrogens with one attached hydrogen (secondary N) is 1. The standard InChI is InChI=1S/C33H38BrCl2N3O4/c1-2-3-4-8-16-38-22-25-19-24(20-26(34)31(25)37)33(41)43-18-10-5-9-17-42-30(40)21-23-12-6-7-15-29(23)39-32-27(35)13-11-14-28(32)36/h6-7,11-15,19-20,22,39H,2-5,8-10,16-18,21,37H2,1H3. The van der Waals surface area contributed by atoms with Crippen molar-refractivity contribution in [3.8, 4) is 0 Å². The van der Waals surface area contributed by atoms with Crippen LogP contribution in [0.2, 0.25) is 10.0 Å². The molecular formula is C33H38BrCl2N3O4. The molecule has 0 aliphatic rings. The molecule has 0 amide bonds. The van der Waals surface area contributed by atoms with E-state index in [2.05, 4.69) is 33.2 Å². The predicted octanol–water partition coefficient (Wildman–Crippen LogP) is 9.19. The Labute approximate surface area is 272 Å². The Morgan fingerprint density at radius 3 is 2.37 bits per heavy atom. The van der Waals surface area contributed by atoms with Crippen molar-refractivity contribution in [2.24, 2.45) is 4.99 Å². The van der Waals surface area contributed by atoms with Gasteiger partial charge in [-0.05, 0) is 77.5 Å². The lowest BCUT2D eigenvalue weighted by Gasteiger charge is -2.14. The quantitative estimate of drug-likeness (QED) is 0.0634. The molecule has 0 aliphatic carbocycles. The van der Waals surface area contributed by atoms with Crippen LogP contribution in [0.4, 0.5) is 17.1 Å². The lowest BCUT2D eigenvalue weighted by Crippen LogP contribution is -2.11. The van der Waals surface area contributed by atoms with Gasteiger partial charge in [-0.25, -0.2) is 4.79 Å². The number of aliphatic imine (C=N–C) groups is 1. The third-order valence-corrected chi connectivity index (χ3v) is 7.91. The van der Waals surface area contributed by atoms with Crippen molar-refractivity contribution in [2.75, 3.05) is 30.8 Å². The fraction of sp³-hybridized carbons (Fsp3) is 0.364. The number of para-hydroxylation sites is 2. The third kappa shape index (κ3) is 11.5. The fourth-order valence-electron chi connectivity index (χ4n) is 4.23. The minimum absolute atomic E-state index is 0.103. The normalized spacial score (nSPS) is 11.1. The SMILES string of the molecule is CCCCCCN=Cc1cc(C(=O)OCCCCCOC(=O)Cc2ccccc2Nc2c(Cl)cccc2Cl)cc(Br)c1N. The maximum absolute atomic E-state index is 12.6. The minimum atomic E-state index is -0.421. The van der Waals surface area contributed by atoms with E-state index < -0.39 is 5.97 Å². The monoisotopic (exact) mass is 689 g/mol. The number of unbranched alkanes of at least 4 members (excludes halogenated alkanes) is 5. The number of nitrogen functional groups attached to an aromatic ring is 1. The van der Waals surface area contributed by atoms with Crippen LogP contribution >= 0.6 is 39.1 Å². The fourth-order valence-corrected chi connectivity index (χ4v) is 5.19. The number of carbonyl (C=O) groups is 2. The van der Waals surface area contributed by atoms with Crippen molar-refractivity contribution in [1.29, 1.82) is 0 Å². The van der Waals surface area contributed by atoms with Gasteiger partial charge in [-0.2, -0.15) is 0 Å². The molecule has 7 nitrogen and oxygen atoms in total. The zero-order valence-electron chi connectivity index (χ0n) is 24.3. The maximum atomic E-state index is 12.6. The Kier molecular flexibility index (Phi) is 14.9. The van der Waals surface area contributed by atoms with Crippen LogP contribution in [0.5, 0.6) is 0 Å². The highest BCUT2D eigenvalue weighted by Gasteiger charge is 2.14. The number of hydrogen-bond donors (Lipinski definition) is 2. The number of nitrogens with two attached hydrogens (primary N) is 1. The van der Waals surface area contributed by atoms with E-state index >= 15 is 0 Å². The van der Waals surface area contributed by atoms with Gasteiger partial charge in [0.05, 0.1) is 46.6 Å². The first kappa shape index (κ1) is 34.4. The van der Waals surface area contributed by atoms with Crippen LogP contribution in [0.1, 0.15) is 73.4 Å². The van der Waals surface area contributed by atoms with Crippen molar-refractivity contribution in [3.63, 3.8) is 0 Å². The van der Waals surface area contributed by atoms with Crippen LogP contribution in [0.25, 0.3) is 0 Å². The summed E-state index contributed by atoms with van der Waals surface area (Å²) in [4.78, 5) is 29.6. The molecule has 3 rings (SSSR count).